The fraction of sp³-hybridized carbons (Fsp3) is 0.250. The summed E-state index contributed by atoms with van der Waals surface area (Å²) < 4.78 is 39.9. The van der Waals surface area contributed by atoms with Gasteiger partial charge in [-0.2, -0.15) is 13.2 Å². The number of benzene rings is 1. The Balaban J connectivity index is 2.87. The standard InChI is InChI=1S/C12H10F3NO/c1-2-16-9(7-17)6-8-4-3-5-10(11(8)16)12(13,14)15/h3-7H,2H2,1H3. The van der Waals surface area contributed by atoms with Crippen molar-refractivity contribution >= 4 is 17.2 Å². The Hall–Kier alpha value is -1.78. The molecule has 0 amide bonds. The van der Waals surface area contributed by atoms with Gasteiger partial charge in [0.15, 0.2) is 6.29 Å². The van der Waals surface area contributed by atoms with E-state index in [1.54, 1.807) is 13.0 Å². The van der Waals surface area contributed by atoms with Crippen LogP contribution < -0.4 is 0 Å². The molecule has 0 atom stereocenters. The van der Waals surface area contributed by atoms with Crippen LogP contribution in [0.5, 0.6) is 0 Å². The first-order valence-electron chi connectivity index (χ1n) is 5.13. The Bertz CT molecular complexity index is 569. The van der Waals surface area contributed by atoms with Crippen LogP contribution in [0.25, 0.3) is 10.9 Å². The molecule has 1 heterocycles. The number of rotatable bonds is 2. The van der Waals surface area contributed by atoms with Crippen molar-refractivity contribution in [2.75, 3.05) is 0 Å². The Kier molecular flexibility index (Phi) is 2.69. The van der Waals surface area contributed by atoms with E-state index in [-0.39, 0.29) is 11.2 Å². The number of aromatic nitrogens is 1. The van der Waals surface area contributed by atoms with Crippen molar-refractivity contribution in [3.63, 3.8) is 0 Å². The van der Waals surface area contributed by atoms with Gasteiger partial charge in [-0.25, -0.2) is 0 Å². The highest BCUT2D eigenvalue weighted by atomic mass is 19.4. The molecule has 5 heteroatoms. The van der Waals surface area contributed by atoms with Gasteiger partial charge in [-0.3, -0.25) is 4.79 Å². The first kappa shape index (κ1) is 11.7. The van der Waals surface area contributed by atoms with Gasteiger partial charge < -0.3 is 4.57 Å². The molecule has 0 unspecified atom stereocenters. The van der Waals surface area contributed by atoms with E-state index in [4.69, 9.17) is 0 Å². The second kappa shape index (κ2) is 3.91. The van der Waals surface area contributed by atoms with Crippen LogP contribution in [-0.2, 0) is 12.7 Å². The van der Waals surface area contributed by atoms with E-state index in [0.29, 0.717) is 18.2 Å². The van der Waals surface area contributed by atoms with Crippen LogP contribution in [-0.4, -0.2) is 10.9 Å². The zero-order chi connectivity index (χ0) is 12.6. The summed E-state index contributed by atoms with van der Waals surface area (Å²) in [5.41, 5.74) is -0.367. The largest absolute Gasteiger partial charge is 0.418 e. The predicted molar refractivity (Wildman–Crippen MR) is 58.0 cm³/mol. The predicted octanol–water partition coefficient (Wildman–Crippen LogP) is 3.49. The number of aldehydes is 1. The SMILES string of the molecule is CCn1c(C=O)cc2cccc(C(F)(F)F)c21. The lowest BCUT2D eigenvalue weighted by Gasteiger charge is -2.11. The normalized spacial score (nSPS) is 12.0. The third kappa shape index (κ3) is 1.81. The lowest BCUT2D eigenvalue weighted by molar-refractivity contribution is -0.136. The van der Waals surface area contributed by atoms with E-state index in [9.17, 15) is 18.0 Å². The third-order valence-corrected chi connectivity index (χ3v) is 2.69. The number of carbonyl (C=O) groups is 1. The molecule has 2 aromatic rings. The van der Waals surface area contributed by atoms with Gasteiger partial charge in [-0.15, -0.1) is 0 Å². The van der Waals surface area contributed by atoms with E-state index in [1.807, 2.05) is 0 Å². The average Bonchev–Trinajstić information content (AvgIpc) is 2.64. The van der Waals surface area contributed by atoms with Gasteiger partial charge in [0.2, 0.25) is 0 Å². The van der Waals surface area contributed by atoms with Gasteiger partial charge in [0, 0.05) is 11.9 Å². The minimum absolute atomic E-state index is 0.0737. The van der Waals surface area contributed by atoms with E-state index < -0.39 is 11.7 Å². The van der Waals surface area contributed by atoms with Gasteiger partial charge in [-0.1, -0.05) is 12.1 Å². The van der Waals surface area contributed by atoms with Crippen molar-refractivity contribution < 1.29 is 18.0 Å². The van der Waals surface area contributed by atoms with E-state index >= 15 is 0 Å². The number of nitrogens with zero attached hydrogens (tertiary/aromatic N) is 1. The highest BCUT2D eigenvalue weighted by Crippen LogP contribution is 2.35. The molecule has 0 spiro atoms. The van der Waals surface area contributed by atoms with Crippen molar-refractivity contribution in [1.82, 2.24) is 4.57 Å². The first-order chi connectivity index (χ1) is 7.99. The molecule has 17 heavy (non-hydrogen) atoms. The van der Waals surface area contributed by atoms with Crippen molar-refractivity contribution in [2.24, 2.45) is 0 Å². The molecule has 0 N–H and O–H groups in total. The van der Waals surface area contributed by atoms with Crippen molar-refractivity contribution in [1.29, 1.82) is 0 Å². The summed E-state index contributed by atoms with van der Waals surface area (Å²) in [6.45, 7) is 2.03. The maximum atomic E-state index is 12.8. The maximum absolute atomic E-state index is 12.8. The smallest absolute Gasteiger partial charge is 0.338 e. The van der Waals surface area contributed by atoms with Crippen molar-refractivity contribution in [3.05, 3.63) is 35.5 Å². The number of hydrogen-bond donors (Lipinski definition) is 0. The van der Waals surface area contributed by atoms with Gasteiger partial charge in [0.25, 0.3) is 0 Å². The average molecular weight is 241 g/mol. The fourth-order valence-electron chi connectivity index (χ4n) is 2.01. The zero-order valence-electron chi connectivity index (χ0n) is 9.08. The van der Waals surface area contributed by atoms with E-state index in [1.165, 1.54) is 16.7 Å². The minimum Gasteiger partial charge on any atom is -0.338 e. The molecule has 0 bridgehead atoms. The Labute approximate surface area is 95.7 Å². The highest BCUT2D eigenvalue weighted by molar-refractivity contribution is 5.91. The molecule has 0 saturated carbocycles. The summed E-state index contributed by atoms with van der Waals surface area (Å²) in [6.07, 6.45) is -3.84. The summed E-state index contributed by atoms with van der Waals surface area (Å²) in [4.78, 5) is 10.8. The number of carbonyl (C=O) groups excluding carboxylic acids is 1. The summed E-state index contributed by atoms with van der Waals surface area (Å²) >= 11 is 0. The van der Waals surface area contributed by atoms with Gasteiger partial charge in [-0.05, 0) is 19.1 Å². The lowest BCUT2D eigenvalue weighted by Crippen LogP contribution is -2.09. The number of para-hydroxylation sites is 1. The molecule has 2 nitrogen and oxygen atoms in total. The summed E-state index contributed by atoms with van der Waals surface area (Å²) in [5.74, 6) is 0. The molecule has 0 radical (unpaired) electrons. The van der Waals surface area contributed by atoms with Crippen LogP contribution >= 0.6 is 0 Å². The first-order valence-corrected chi connectivity index (χ1v) is 5.13. The quantitative estimate of drug-likeness (QED) is 0.737. The maximum Gasteiger partial charge on any atom is 0.418 e. The van der Waals surface area contributed by atoms with Crippen LogP contribution in [0.15, 0.2) is 24.3 Å². The molecule has 0 aliphatic carbocycles. The van der Waals surface area contributed by atoms with Crippen LogP contribution in [0.1, 0.15) is 23.0 Å². The second-order valence-corrected chi connectivity index (χ2v) is 3.67. The summed E-state index contributed by atoms with van der Waals surface area (Å²) in [6, 6.07) is 5.42. The summed E-state index contributed by atoms with van der Waals surface area (Å²) in [5, 5.41) is 0.434. The van der Waals surface area contributed by atoms with Crippen molar-refractivity contribution in [3.8, 4) is 0 Å². The minimum atomic E-state index is -4.41. The monoisotopic (exact) mass is 241 g/mol. The number of halogens is 3. The fourth-order valence-corrected chi connectivity index (χ4v) is 2.01. The number of hydrogen-bond acceptors (Lipinski definition) is 1. The molecule has 0 saturated heterocycles. The van der Waals surface area contributed by atoms with E-state index in [2.05, 4.69) is 0 Å². The Morgan fingerprint density at radius 1 is 1.35 bits per heavy atom. The lowest BCUT2D eigenvalue weighted by atomic mass is 10.1. The van der Waals surface area contributed by atoms with Gasteiger partial charge >= 0.3 is 6.18 Å². The molecule has 2 rings (SSSR count). The van der Waals surface area contributed by atoms with Crippen molar-refractivity contribution in [2.45, 2.75) is 19.6 Å². The van der Waals surface area contributed by atoms with E-state index in [0.717, 1.165) is 6.07 Å². The zero-order valence-corrected chi connectivity index (χ0v) is 9.08. The van der Waals surface area contributed by atoms with Gasteiger partial charge in [0.1, 0.15) is 0 Å². The van der Waals surface area contributed by atoms with Gasteiger partial charge in [0.05, 0.1) is 16.8 Å². The number of aryl methyl sites for hydroxylation is 1. The number of fused-ring (bicyclic) bond motifs is 1. The van der Waals surface area contributed by atoms with Crippen LogP contribution in [0.2, 0.25) is 0 Å². The highest BCUT2D eigenvalue weighted by Gasteiger charge is 2.33. The Morgan fingerprint density at radius 2 is 2.06 bits per heavy atom. The summed E-state index contributed by atoms with van der Waals surface area (Å²) in [7, 11) is 0. The third-order valence-electron chi connectivity index (χ3n) is 2.69. The molecule has 0 aliphatic rings. The topological polar surface area (TPSA) is 22.0 Å². The molecular weight excluding hydrogens is 231 g/mol. The van der Waals surface area contributed by atoms with Crippen LogP contribution in [0.3, 0.4) is 0 Å². The second-order valence-electron chi connectivity index (χ2n) is 3.67. The van der Waals surface area contributed by atoms with Crippen LogP contribution in [0, 0.1) is 0 Å². The Morgan fingerprint density at radius 3 is 2.59 bits per heavy atom. The molecule has 0 aliphatic heterocycles. The molecular formula is C12H10F3NO. The molecule has 1 aromatic carbocycles. The molecule has 0 fully saturated rings. The molecule has 1 aromatic heterocycles. The van der Waals surface area contributed by atoms with Crippen LogP contribution in [0.4, 0.5) is 13.2 Å². The molecule has 90 valence electrons. The number of alkyl halides is 3.